The van der Waals surface area contributed by atoms with Crippen molar-refractivity contribution < 1.29 is 18.0 Å². The molecule has 8 heteroatoms. The van der Waals surface area contributed by atoms with Crippen LogP contribution in [0.15, 0.2) is 23.4 Å². The van der Waals surface area contributed by atoms with Crippen molar-refractivity contribution in [1.29, 1.82) is 0 Å². The lowest BCUT2D eigenvalue weighted by molar-refractivity contribution is -0.137. The number of likely N-dealkylation sites (N-methyl/N-ethyl adjacent to an activating group) is 1. The van der Waals surface area contributed by atoms with Gasteiger partial charge in [-0.05, 0) is 26.1 Å². The predicted octanol–water partition coefficient (Wildman–Crippen LogP) is 1.66. The Morgan fingerprint density at radius 2 is 2.11 bits per heavy atom. The van der Waals surface area contributed by atoms with Crippen molar-refractivity contribution >= 4 is 17.7 Å². The molecule has 1 unspecified atom stereocenters. The van der Waals surface area contributed by atoms with Gasteiger partial charge in [-0.25, -0.2) is 4.98 Å². The van der Waals surface area contributed by atoms with Gasteiger partial charge in [0.05, 0.1) is 10.6 Å². The largest absolute Gasteiger partial charge is 0.417 e. The monoisotopic (exact) mass is 293 g/mol. The van der Waals surface area contributed by atoms with Crippen LogP contribution in [0.1, 0.15) is 12.5 Å². The number of carbonyl (C=O) groups is 1. The maximum atomic E-state index is 12.3. The summed E-state index contributed by atoms with van der Waals surface area (Å²) in [6.45, 7) is 1.62. The van der Waals surface area contributed by atoms with Crippen LogP contribution in [0, 0.1) is 0 Å². The number of alkyl halides is 3. The van der Waals surface area contributed by atoms with E-state index >= 15 is 0 Å². The molecular weight excluding hydrogens is 279 g/mol. The van der Waals surface area contributed by atoms with Gasteiger partial charge >= 0.3 is 6.18 Å². The average Bonchev–Trinajstić information content (AvgIpc) is 2.35. The third kappa shape index (κ3) is 4.10. The molecule has 0 aromatic carbocycles. The Morgan fingerprint density at radius 3 is 2.47 bits per heavy atom. The van der Waals surface area contributed by atoms with Crippen molar-refractivity contribution in [3.8, 4) is 0 Å². The van der Waals surface area contributed by atoms with Gasteiger partial charge in [0.25, 0.3) is 0 Å². The summed E-state index contributed by atoms with van der Waals surface area (Å²) in [5.41, 5.74) is 3.50. The molecule has 0 saturated heterocycles. The standard InChI is InChI=1S/C11H14F3N3OS/c1-10(16-2,9(15)18)6-19-8-4-3-7(5-17-8)11(12,13)14/h3-5,16H,6H2,1-2H3,(H2,15,18). The molecule has 3 N–H and O–H groups in total. The third-order valence-electron chi connectivity index (χ3n) is 2.67. The van der Waals surface area contributed by atoms with Crippen molar-refractivity contribution in [2.24, 2.45) is 5.73 Å². The van der Waals surface area contributed by atoms with E-state index in [0.29, 0.717) is 5.03 Å². The number of nitrogens with one attached hydrogen (secondary N) is 1. The Bertz CT molecular complexity index is 449. The van der Waals surface area contributed by atoms with Crippen LogP contribution >= 0.6 is 11.8 Å². The smallest absolute Gasteiger partial charge is 0.368 e. The number of primary amides is 1. The summed E-state index contributed by atoms with van der Waals surface area (Å²) < 4.78 is 37.0. The zero-order valence-electron chi connectivity index (χ0n) is 10.4. The van der Waals surface area contributed by atoms with Gasteiger partial charge in [-0.2, -0.15) is 13.2 Å². The Labute approximate surface area is 113 Å². The molecule has 106 valence electrons. The van der Waals surface area contributed by atoms with Gasteiger partial charge in [0.15, 0.2) is 0 Å². The van der Waals surface area contributed by atoms with Crippen LogP contribution in [0.3, 0.4) is 0 Å². The molecule has 0 spiro atoms. The fourth-order valence-corrected chi connectivity index (χ4v) is 2.13. The van der Waals surface area contributed by atoms with Crippen LogP contribution in [-0.2, 0) is 11.0 Å². The molecule has 4 nitrogen and oxygen atoms in total. The summed E-state index contributed by atoms with van der Waals surface area (Å²) in [6, 6.07) is 2.22. The second-order valence-corrected chi connectivity index (χ2v) is 5.11. The van der Waals surface area contributed by atoms with Gasteiger partial charge in [-0.15, -0.1) is 11.8 Å². The Hall–Kier alpha value is -1.28. The van der Waals surface area contributed by atoms with E-state index in [-0.39, 0.29) is 5.75 Å². The summed E-state index contributed by atoms with van der Waals surface area (Å²) in [4.78, 5) is 14.9. The number of aromatic nitrogens is 1. The normalized spacial score (nSPS) is 15.0. The Morgan fingerprint density at radius 1 is 1.47 bits per heavy atom. The number of nitrogens with two attached hydrogens (primary N) is 1. The van der Waals surface area contributed by atoms with Crippen LogP contribution in [0.25, 0.3) is 0 Å². The number of hydrogen-bond donors (Lipinski definition) is 2. The molecule has 0 bridgehead atoms. The lowest BCUT2D eigenvalue weighted by Gasteiger charge is -2.24. The van der Waals surface area contributed by atoms with Crippen molar-refractivity contribution in [3.63, 3.8) is 0 Å². The molecule has 1 rings (SSSR count). The number of nitrogens with zero attached hydrogens (tertiary/aromatic N) is 1. The van der Waals surface area contributed by atoms with E-state index in [2.05, 4.69) is 10.3 Å². The highest BCUT2D eigenvalue weighted by Crippen LogP contribution is 2.30. The average molecular weight is 293 g/mol. The highest BCUT2D eigenvalue weighted by Gasteiger charge is 2.31. The lowest BCUT2D eigenvalue weighted by Crippen LogP contribution is -2.53. The number of hydrogen-bond acceptors (Lipinski definition) is 4. The van der Waals surface area contributed by atoms with Gasteiger partial charge in [0.2, 0.25) is 5.91 Å². The van der Waals surface area contributed by atoms with Crippen molar-refractivity contribution in [1.82, 2.24) is 10.3 Å². The summed E-state index contributed by atoms with van der Waals surface area (Å²) >= 11 is 1.16. The molecule has 1 heterocycles. The zero-order valence-corrected chi connectivity index (χ0v) is 11.2. The minimum Gasteiger partial charge on any atom is -0.368 e. The first-order chi connectivity index (χ1) is 8.69. The van der Waals surface area contributed by atoms with E-state index in [1.165, 1.54) is 6.07 Å². The highest BCUT2D eigenvalue weighted by atomic mass is 32.2. The minimum atomic E-state index is -4.40. The Balaban J connectivity index is 2.72. The minimum absolute atomic E-state index is 0.275. The first-order valence-corrected chi connectivity index (χ1v) is 6.32. The summed E-state index contributed by atoms with van der Waals surface area (Å²) in [5, 5.41) is 3.18. The second kappa shape index (κ2) is 5.79. The third-order valence-corrected chi connectivity index (χ3v) is 3.93. The number of halogens is 3. The number of amides is 1. The Kier molecular flexibility index (Phi) is 4.81. The van der Waals surface area contributed by atoms with E-state index in [1.807, 2.05) is 0 Å². The molecule has 0 fully saturated rings. The molecule has 0 aliphatic carbocycles. The quantitative estimate of drug-likeness (QED) is 0.810. The van der Waals surface area contributed by atoms with E-state index in [1.54, 1.807) is 14.0 Å². The molecule has 0 saturated carbocycles. The summed E-state index contributed by atoms with van der Waals surface area (Å²) in [5.74, 6) is -0.258. The van der Waals surface area contributed by atoms with E-state index in [4.69, 9.17) is 5.73 Å². The molecule has 1 atom stereocenters. The van der Waals surface area contributed by atoms with Crippen molar-refractivity contribution in [3.05, 3.63) is 23.9 Å². The van der Waals surface area contributed by atoms with Crippen LogP contribution in [0.2, 0.25) is 0 Å². The fraction of sp³-hybridized carbons (Fsp3) is 0.455. The van der Waals surface area contributed by atoms with Gasteiger partial charge in [0.1, 0.15) is 5.54 Å². The van der Waals surface area contributed by atoms with Gasteiger partial charge in [-0.1, -0.05) is 0 Å². The van der Waals surface area contributed by atoms with Gasteiger partial charge in [0, 0.05) is 11.9 Å². The molecule has 19 heavy (non-hydrogen) atoms. The van der Waals surface area contributed by atoms with Crippen molar-refractivity contribution in [2.45, 2.75) is 23.7 Å². The van der Waals surface area contributed by atoms with E-state index in [9.17, 15) is 18.0 Å². The van der Waals surface area contributed by atoms with Gasteiger partial charge in [-0.3, -0.25) is 4.79 Å². The van der Waals surface area contributed by atoms with Crippen LogP contribution in [-0.4, -0.2) is 29.2 Å². The molecule has 0 radical (unpaired) electrons. The van der Waals surface area contributed by atoms with Crippen LogP contribution < -0.4 is 11.1 Å². The lowest BCUT2D eigenvalue weighted by atomic mass is 10.1. The van der Waals surface area contributed by atoms with Gasteiger partial charge < -0.3 is 11.1 Å². The fourth-order valence-electron chi connectivity index (χ4n) is 1.12. The first-order valence-electron chi connectivity index (χ1n) is 5.34. The number of thioether (sulfide) groups is 1. The topological polar surface area (TPSA) is 68.0 Å². The van der Waals surface area contributed by atoms with Crippen LogP contribution in [0.5, 0.6) is 0 Å². The van der Waals surface area contributed by atoms with E-state index in [0.717, 1.165) is 24.0 Å². The number of rotatable bonds is 5. The molecule has 1 aromatic heterocycles. The van der Waals surface area contributed by atoms with Crippen LogP contribution in [0.4, 0.5) is 13.2 Å². The number of pyridine rings is 1. The SMILES string of the molecule is CNC(C)(CSc1ccc(C(F)(F)F)cn1)C(N)=O. The predicted molar refractivity (Wildman–Crippen MR) is 66.6 cm³/mol. The second-order valence-electron chi connectivity index (χ2n) is 4.12. The molecule has 1 amide bonds. The molecule has 0 aliphatic heterocycles. The maximum Gasteiger partial charge on any atom is 0.417 e. The first kappa shape index (κ1) is 15.8. The summed E-state index contributed by atoms with van der Waals surface area (Å²) in [7, 11) is 1.59. The van der Waals surface area contributed by atoms with E-state index < -0.39 is 23.2 Å². The molecule has 0 aliphatic rings. The number of carbonyl (C=O) groups excluding carboxylic acids is 1. The zero-order chi connectivity index (χ0) is 14.7. The van der Waals surface area contributed by atoms with Crippen molar-refractivity contribution in [2.75, 3.05) is 12.8 Å². The molecular formula is C11H14F3N3OS. The summed E-state index contributed by atoms with van der Waals surface area (Å²) in [6.07, 6.45) is -3.63. The maximum absolute atomic E-state index is 12.3. The molecule has 1 aromatic rings. The highest BCUT2D eigenvalue weighted by molar-refractivity contribution is 7.99.